The maximum absolute atomic E-state index is 14.8. The Hall–Kier alpha value is -2.32. The molecule has 0 bridgehead atoms. The summed E-state index contributed by atoms with van der Waals surface area (Å²) in [6.45, 7) is 1.94. The predicted molar refractivity (Wildman–Crippen MR) is 110 cm³/mol. The Kier molecular flexibility index (Phi) is 4.94. The Morgan fingerprint density at radius 1 is 1.21 bits per heavy atom. The number of sulfonamides is 1. The van der Waals surface area contributed by atoms with Crippen molar-refractivity contribution in [2.75, 3.05) is 16.6 Å². The third kappa shape index (κ3) is 3.67. The molecular weight excluding hydrogens is 422 g/mol. The van der Waals surface area contributed by atoms with E-state index in [1.807, 2.05) is 6.92 Å². The molecule has 0 amide bonds. The standard InChI is InChI=1S/C20H19ClF2N2O3S/c1-12-4-5-15(13(21)10-12)24-19-17(23)14(22)11-16-18(19)25-29(26,27)20(7-8-20)6-2-3-9-28-16/h2-5,10-11,24-25H,6-9H2,1H3. The minimum Gasteiger partial charge on any atom is -0.487 e. The normalized spacial score (nSPS) is 19.0. The molecule has 0 aromatic heterocycles. The van der Waals surface area contributed by atoms with E-state index in [0.717, 1.165) is 11.6 Å². The molecule has 2 aromatic rings. The highest BCUT2D eigenvalue weighted by Gasteiger charge is 2.54. The molecule has 1 aliphatic heterocycles. The second-order valence-corrected chi connectivity index (χ2v) is 9.79. The highest BCUT2D eigenvalue weighted by molar-refractivity contribution is 7.94. The third-order valence-electron chi connectivity index (χ3n) is 5.17. The molecule has 0 saturated heterocycles. The van der Waals surface area contributed by atoms with E-state index in [2.05, 4.69) is 10.0 Å². The molecule has 154 valence electrons. The molecule has 9 heteroatoms. The summed E-state index contributed by atoms with van der Waals surface area (Å²) < 4.78 is 62.1. The van der Waals surface area contributed by atoms with Gasteiger partial charge in [0.05, 0.1) is 15.5 Å². The van der Waals surface area contributed by atoms with Crippen molar-refractivity contribution in [2.24, 2.45) is 0 Å². The van der Waals surface area contributed by atoms with Crippen LogP contribution in [-0.2, 0) is 10.0 Å². The average molecular weight is 441 g/mol. The van der Waals surface area contributed by atoms with Gasteiger partial charge >= 0.3 is 0 Å². The smallest absolute Gasteiger partial charge is 0.238 e. The van der Waals surface area contributed by atoms with Gasteiger partial charge in [0.1, 0.15) is 23.7 Å². The molecule has 1 saturated carbocycles. The van der Waals surface area contributed by atoms with E-state index in [1.165, 1.54) is 0 Å². The largest absolute Gasteiger partial charge is 0.487 e. The number of aryl methyl sites for hydroxylation is 1. The van der Waals surface area contributed by atoms with Gasteiger partial charge < -0.3 is 10.1 Å². The number of anilines is 3. The fourth-order valence-electron chi connectivity index (χ4n) is 3.26. The molecule has 5 nitrogen and oxygen atoms in total. The van der Waals surface area contributed by atoms with E-state index in [1.54, 1.807) is 30.4 Å². The first-order valence-corrected chi connectivity index (χ1v) is 10.9. The summed E-state index contributed by atoms with van der Waals surface area (Å²) in [5.41, 5.74) is 0.632. The summed E-state index contributed by atoms with van der Waals surface area (Å²) in [6, 6.07) is 5.85. The van der Waals surface area contributed by atoms with Crippen molar-refractivity contribution >= 4 is 38.7 Å². The second-order valence-electron chi connectivity index (χ2n) is 7.30. The summed E-state index contributed by atoms with van der Waals surface area (Å²) in [5.74, 6) is -2.51. The van der Waals surface area contributed by atoms with Crippen LogP contribution in [0.15, 0.2) is 36.4 Å². The lowest BCUT2D eigenvalue weighted by Crippen LogP contribution is -2.30. The zero-order chi connectivity index (χ0) is 20.8. The molecule has 0 unspecified atom stereocenters. The Morgan fingerprint density at radius 3 is 2.66 bits per heavy atom. The van der Waals surface area contributed by atoms with Gasteiger partial charge in [0.2, 0.25) is 10.0 Å². The molecule has 1 fully saturated rings. The molecule has 1 heterocycles. The molecule has 2 aromatic carbocycles. The quantitative estimate of drug-likeness (QED) is 0.623. The van der Waals surface area contributed by atoms with Crippen LogP contribution in [0.3, 0.4) is 0 Å². The summed E-state index contributed by atoms with van der Waals surface area (Å²) in [6.07, 6.45) is 4.74. The predicted octanol–water partition coefficient (Wildman–Crippen LogP) is 5.28. The number of allylic oxidation sites excluding steroid dienone is 1. The van der Waals surface area contributed by atoms with E-state index >= 15 is 0 Å². The Bertz CT molecular complexity index is 1120. The number of ether oxygens (including phenoxy) is 1. The van der Waals surface area contributed by atoms with Crippen LogP contribution >= 0.6 is 11.6 Å². The number of fused-ring (bicyclic) bond motifs is 1. The molecule has 2 N–H and O–H groups in total. The lowest BCUT2D eigenvalue weighted by Gasteiger charge is -2.23. The van der Waals surface area contributed by atoms with Crippen molar-refractivity contribution < 1.29 is 21.9 Å². The summed E-state index contributed by atoms with van der Waals surface area (Å²) in [5, 5.41) is 3.02. The number of hydrogen-bond donors (Lipinski definition) is 2. The van der Waals surface area contributed by atoms with E-state index in [4.69, 9.17) is 16.3 Å². The maximum Gasteiger partial charge on any atom is 0.238 e. The van der Waals surface area contributed by atoms with Crippen LogP contribution in [0.2, 0.25) is 5.02 Å². The molecular formula is C20H19ClF2N2O3S. The Labute approximate surface area is 172 Å². The van der Waals surface area contributed by atoms with E-state index in [0.29, 0.717) is 24.9 Å². The van der Waals surface area contributed by atoms with Gasteiger partial charge in [-0.05, 0) is 43.9 Å². The van der Waals surface area contributed by atoms with Gasteiger partial charge in [-0.15, -0.1) is 0 Å². The zero-order valence-electron chi connectivity index (χ0n) is 15.6. The van der Waals surface area contributed by atoms with Crippen LogP contribution in [0.1, 0.15) is 24.8 Å². The molecule has 0 radical (unpaired) electrons. The molecule has 1 spiro atoms. The maximum atomic E-state index is 14.8. The van der Waals surface area contributed by atoms with Gasteiger partial charge in [-0.3, -0.25) is 4.72 Å². The summed E-state index contributed by atoms with van der Waals surface area (Å²) in [4.78, 5) is 0. The van der Waals surface area contributed by atoms with Gasteiger partial charge in [0.25, 0.3) is 0 Å². The van der Waals surface area contributed by atoms with Gasteiger partial charge in [-0.1, -0.05) is 29.8 Å². The van der Waals surface area contributed by atoms with Crippen LogP contribution in [0.4, 0.5) is 25.8 Å². The van der Waals surface area contributed by atoms with Crippen molar-refractivity contribution in [3.05, 3.63) is 58.6 Å². The van der Waals surface area contributed by atoms with Crippen molar-refractivity contribution in [3.8, 4) is 5.75 Å². The number of benzene rings is 2. The molecule has 0 atom stereocenters. The first-order chi connectivity index (χ1) is 13.7. The number of nitrogens with one attached hydrogen (secondary N) is 2. The first kappa shape index (κ1) is 20.0. The monoisotopic (exact) mass is 440 g/mol. The molecule has 1 aliphatic carbocycles. The fraction of sp³-hybridized carbons (Fsp3) is 0.300. The van der Waals surface area contributed by atoms with Crippen molar-refractivity contribution in [2.45, 2.75) is 30.9 Å². The number of hydrogen-bond acceptors (Lipinski definition) is 4. The van der Waals surface area contributed by atoms with E-state index < -0.39 is 26.4 Å². The highest BCUT2D eigenvalue weighted by Crippen LogP contribution is 2.49. The first-order valence-electron chi connectivity index (χ1n) is 9.08. The number of halogens is 3. The fourth-order valence-corrected chi connectivity index (χ4v) is 5.19. The van der Waals surface area contributed by atoms with Gasteiger partial charge in [-0.25, -0.2) is 17.2 Å². The SMILES string of the molecule is Cc1ccc(Nc2c(F)c(F)cc3c2NS(=O)(=O)C2(CC=CCO3)CC2)c(Cl)c1. The van der Waals surface area contributed by atoms with Crippen LogP contribution in [-0.4, -0.2) is 19.8 Å². The van der Waals surface area contributed by atoms with Gasteiger partial charge in [-0.2, -0.15) is 0 Å². The van der Waals surface area contributed by atoms with Gasteiger partial charge in [0.15, 0.2) is 11.6 Å². The minimum absolute atomic E-state index is 0.0978. The lowest BCUT2D eigenvalue weighted by molar-refractivity contribution is 0.360. The third-order valence-corrected chi connectivity index (χ3v) is 7.67. The van der Waals surface area contributed by atoms with Crippen LogP contribution in [0.25, 0.3) is 0 Å². The number of rotatable bonds is 2. The Balaban J connectivity index is 1.86. The van der Waals surface area contributed by atoms with Crippen LogP contribution < -0.4 is 14.8 Å². The van der Waals surface area contributed by atoms with Crippen molar-refractivity contribution in [1.29, 1.82) is 0 Å². The van der Waals surface area contributed by atoms with E-state index in [-0.39, 0.29) is 28.8 Å². The van der Waals surface area contributed by atoms with Crippen molar-refractivity contribution in [3.63, 3.8) is 0 Å². The highest BCUT2D eigenvalue weighted by atomic mass is 35.5. The Morgan fingerprint density at radius 2 is 1.97 bits per heavy atom. The second kappa shape index (κ2) is 7.18. The molecule has 2 aliphatic rings. The summed E-state index contributed by atoms with van der Waals surface area (Å²) in [7, 11) is -3.87. The molecule has 4 rings (SSSR count). The average Bonchev–Trinajstić information content (AvgIpc) is 3.44. The zero-order valence-corrected chi connectivity index (χ0v) is 17.1. The lowest BCUT2D eigenvalue weighted by atomic mass is 10.2. The van der Waals surface area contributed by atoms with Gasteiger partial charge in [0, 0.05) is 6.07 Å². The van der Waals surface area contributed by atoms with E-state index in [9.17, 15) is 17.2 Å². The molecule has 29 heavy (non-hydrogen) atoms. The summed E-state index contributed by atoms with van der Waals surface area (Å²) >= 11 is 6.21. The topological polar surface area (TPSA) is 67.4 Å². The van der Waals surface area contributed by atoms with Crippen LogP contribution in [0.5, 0.6) is 5.75 Å². The van der Waals surface area contributed by atoms with Crippen molar-refractivity contribution in [1.82, 2.24) is 0 Å². The van der Waals surface area contributed by atoms with Crippen LogP contribution in [0, 0.1) is 18.6 Å². The minimum atomic E-state index is -3.87.